The molecule has 3 N–H and O–H groups in total. The number of carbonyl (C=O) groups excluding carboxylic acids is 1. The first-order chi connectivity index (χ1) is 12.4. The molecule has 136 valence electrons. The van der Waals surface area contributed by atoms with Gasteiger partial charge < -0.3 is 15.5 Å². The second-order valence-corrected chi connectivity index (χ2v) is 6.19. The lowest BCUT2D eigenvalue weighted by atomic mass is 9.94. The highest BCUT2D eigenvalue weighted by molar-refractivity contribution is 5.96. The summed E-state index contributed by atoms with van der Waals surface area (Å²) < 4.78 is 32.5. The van der Waals surface area contributed by atoms with Crippen LogP contribution in [-0.4, -0.2) is 32.9 Å². The summed E-state index contributed by atoms with van der Waals surface area (Å²) in [6, 6.07) is 1.74. The van der Waals surface area contributed by atoms with E-state index in [0.29, 0.717) is 22.5 Å². The minimum absolute atomic E-state index is 0.145. The summed E-state index contributed by atoms with van der Waals surface area (Å²) >= 11 is 0. The van der Waals surface area contributed by atoms with Crippen molar-refractivity contribution >= 4 is 16.9 Å². The van der Waals surface area contributed by atoms with E-state index < -0.39 is 11.8 Å². The van der Waals surface area contributed by atoms with E-state index in [1.54, 1.807) is 12.3 Å². The van der Waals surface area contributed by atoms with Gasteiger partial charge in [-0.05, 0) is 24.8 Å². The van der Waals surface area contributed by atoms with Crippen LogP contribution in [0.3, 0.4) is 0 Å². The molecule has 2 aromatic heterocycles. The molecule has 0 aromatic carbocycles. The second kappa shape index (κ2) is 7.07. The molecule has 0 radical (unpaired) electrons. The van der Waals surface area contributed by atoms with E-state index in [2.05, 4.69) is 15.0 Å². The molecule has 1 amide bonds. The summed E-state index contributed by atoms with van der Waals surface area (Å²) in [5.41, 5.74) is 6.22. The van der Waals surface area contributed by atoms with Gasteiger partial charge in [0.25, 0.3) is 5.91 Å². The number of aromatic nitrogens is 3. The van der Waals surface area contributed by atoms with Crippen LogP contribution in [-0.2, 0) is 11.2 Å². The minimum atomic E-state index is -2.63. The fraction of sp³-hybridized carbons (Fsp3) is 0.412. The number of amides is 1. The highest BCUT2D eigenvalue weighted by atomic mass is 19.3. The molecule has 0 unspecified atom stereocenters. The van der Waals surface area contributed by atoms with Gasteiger partial charge in [-0.3, -0.25) is 4.79 Å². The standard InChI is InChI=1S/C17H17F2N5O2/c18-17(19)5-3-12(4-6-17)26-16-13-11(2-1-10(7-20)14(21)25)8-22-15(13)23-9-24-16/h1,8-9,12H,2-6H2,(H2,21,25)(H,22,23,24). The molecule has 26 heavy (non-hydrogen) atoms. The lowest BCUT2D eigenvalue weighted by Gasteiger charge is -2.28. The van der Waals surface area contributed by atoms with Gasteiger partial charge >= 0.3 is 0 Å². The van der Waals surface area contributed by atoms with Crippen molar-refractivity contribution in [3.63, 3.8) is 0 Å². The molecule has 0 spiro atoms. The topological polar surface area (TPSA) is 118 Å². The first kappa shape index (κ1) is 17.8. The van der Waals surface area contributed by atoms with Crippen molar-refractivity contribution in [1.82, 2.24) is 15.0 Å². The predicted octanol–water partition coefficient (Wildman–Crippen LogP) is 2.39. The molecule has 9 heteroatoms. The van der Waals surface area contributed by atoms with Crippen LogP contribution in [0.15, 0.2) is 24.2 Å². The molecule has 2 aromatic rings. The van der Waals surface area contributed by atoms with Gasteiger partial charge in [0, 0.05) is 19.0 Å². The maximum Gasteiger partial charge on any atom is 0.259 e. The Morgan fingerprint density at radius 2 is 2.19 bits per heavy atom. The van der Waals surface area contributed by atoms with Crippen LogP contribution in [0, 0.1) is 11.3 Å². The highest BCUT2D eigenvalue weighted by Crippen LogP contribution is 2.36. The summed E-state index contributed by atoms with van der Waals surface area (Å²) in [7, 11) is 0. The summed E-state index contributed by atoms with van der Waals surface area (Å²) in [6.07, 6.45) is 4.41. The van der Waals surface area contributed by atoms with Gasteiger partial charge in [-0.2, -0.15) is 5.26 Å². The molecule has 7 nitrogen and oxygen atoms in total. The normalized spacial score (nSPS) is 17.8. The van der Waals surface area contributed by atoms with E-state index in [-0.39, 0.29) is 43.8 Å². The molecule has 0 atom stereocenters. The number of ether oxygens (including phenoxy) is 1. The quantitative estimate of drug-likeness (QED) is 0.626. The van der Waals surface area contributed by atoms with E-state index in [4.69, 9.17) is 15.7 Å². The van der Waals surface area contributed by atoms with E-state index in [1.807, 2.05) is 0 Å². The number of nitrogens with zero attached hydrogens (tertiary/aromatic N) is 3. The van der Waals surface area contributed by atoms with Gasteiger partial charge in [-0.1, -0.05) is 6.08 Å². The predicted molar refractivity (Wildman–Crippen MR) is 88.3 cm³/mol. The Hall–Kier alpha value is -3.02. The van der Waals surface area contributed by atoms with Crippen LogP contribution in [0.1, 0.15) is 31.2 Å². The van der Waals surface area contributed by atoms with Gasteiger partial charge in [-0.25, -0.2) is 18.7 Å². The zero-order valence-corrected chi connectivity index (χ0v) is 13.8. The number of alkyl halides is 2. The highest BCUT2D eigenvalue weighted by Gasteiger charge is 2.36. The van der Waals surface area contributed by atoms with Crippen LogP contribution < -0.4 is 10.5 Å². The molecule has 2 heterocycles. The van der Waals surface area contributed by atoms with Crippen molar-refractivity contribution in [2.75, 3.05) is 0 Å². The van der Waals surface area contributed by atoms with Gasteiger partial charge in [0.15, 0.2) is 0 Å². The van der Waals surface area contributed by atoms with Crippen molar-refractivity contribution in [1.29, 1.82) is 5.26 Å². The summed E-state index contributed by atoms with van der Waals surface area (Å²) in [4.78, 5) is 22.4. The zero-order chi connectivity index (χ0) is 18.7. The summed E-state index contributed by atoms with van der Waals surface area (Å²) in [5, 5.41) is 9.51. The number of hydrogen-bond donors (Lipinski definition) is 2. The Kier molecular flexibility index (Phi) is 4.84. The first-order valence-corrected chi connectivity index (χ1v) is 8.15. The number of nitrogens with one attached hydrogen (secondary N) is 1. The van der Waals surface area contributed by atoms with E-state index in [9.17, 15) is 13.6 Å². The number of primary amides is 1. The SMILES string of the molecule is N#CC(=CCc1c[nH]c2ncnc(OC3CCC(F)(F)CC3)c12)C(N)=O. The molecule has 1 saturated carbocycles. The Balaban J connectivity index is 1.84. The molecule has 3 rings (SSSR count). The van der Waals surface area contributed by atoms with E-state index in [1.165, 1.54) is 12.4 Å². The second-order valence-electron chi connectivity index (χ2n) is 6.19. The summed E-state index contributed by atoms with van der Waals surface area (Å²) in [5.74, 6) is -3.14. The molecule has 0 bridgehead atoms. The van der Waals surface area contributed by atoms with Crippen molar-refractivity contribution in [3.05, 3.63) is 29.7 Å². The molecular weight excluding hydrogens is 344 g/mol. The monoisotopic (exact) mass is 361 g/mol. The lowest BCUT2D eigenvalue weighted by Crippen LogP contribution is -2.31. The Labute approximate surface area is 147 Å². The first-order valence-electron chi connectivity index (χ1n) is 8.15. The number of nitriles is 1. The van der Waals surface area contributed by atoms with Crippen LogP contribution >= 0.6 is 0 Å². The number of aromatic amines is 1. The maximum absolute atomic E-state index is 13.3. The molecule has 1 aliphatic carbocycles. The van der Waals surface area contributed by atoms with Gasteiger partial charge in [-0.15, -0.1) is 0 Å². The molecule has 1 aliphatic rings. The Morgan fingerprint density at radius 3 is 2.85 bits per heavy atom. The van der Waals surface area contributed by atoms with Crippen LogP contribution in [0.4, 0.5) is 8.78 Å². The van der Waals surface area contributed by atoms with E-state index in [0.717, 1.165) is 0 Å². The Bertz CT molecular complexity index is 890. The molecular formula is C17H17F2N5O2. The number of hydrogen-bond acceptors (Lipinski definition) is 5. The van der Waals surface area contributed by atoms with Crippen molar-refractivity contribution < 1.29 is 18.3 Å². The number of H-pyrrole nitrogens is 1. The number of carbonyl (C=O) groups is 1. The van der Waals surface area contributed by atoms with Gasteiger partial charge in [0.05, 0.1) is 5.39 Å². The zero-order valence-electron chi connectivity index (χ0n) is 13.8. The van der Waals surface area contributed by atoms with Crippen molar-refractivity contribution in [2.45, 2.75) is 44.1 Å². The van der Waals surface area contributed by atoms with Gasteiger partial charge in [0.1, 0.15) is 29.7 Å². The van der Waals surface area contributed by atoms with Crippen LogP contribution in [0.2, 0.25) is 0 Å². The molecule has 1 fully saturated rings. The lowest BCUT2D eigenvalue weighted by molar-refractivity contribution is -0.114. The largest absolute Gasteiger partial charge is 0.474 e. The van der Waals surface area contributed by atoms with Crippen molar-refractivity contribution in [2.24, 2.45) is 5.73 Å². The van der Waals surface area contributed by atoms with Crippen LogP contribution in [0.25, 0.3) is 11.0 Å². The maximum atomic E-state index is 13.3. The number of nitrogens with two attached hydrogens (primary N) is 1. The van der Waals surface area contributed by atoms with Gasteiger partial charge in [0.2, 0.25) is 11.8 Å². The van der Waals surface area contributed by atoms with E-state index >= 15 is 0 Å². The smallest absolute Gasteiger partial charge is 0.259 e. The summed E-state index contributed by atoms with van der Waals surface area (Å²) in [6.45, 7) is 0. The Morgan fingerprint density at radius 1 is 1.46 bits per heavy atom. The van der Waals surface area contributed by atoms with Crippen molar-refractivity contribution in [3.8, 4) is 11.9 Å². The third kappa shape index (κ3) is 3.79. The average Bonchev–Trinajstić information content (AvgIpc) is 3.01. The number of fused-ring (bicyclic) bond motifs is 1. The number of rotatable bonds is 5. The molecule has 0 saturated heterocycles. The number of halogens is 2. The third-order valence-corrected chi connectivity index (χ3v) is 4.37. The molecule has 0 aliphatic heterocycles. The number of allylic oxidation sites excluding steroid dienone is 1. The fourth-order valence-corrected chi connectivity index (χ4v) is 2.95. The third-order valence-electron chi connectivity index (χ3n) is 4.37. The fourth-order valence-electron chi connectivity index (χ4n) is 2.95. The van der Waals surface area contributed by atoms with Crippen LogP contribution in [0.5, 0.6) is 5.88 Å². The minimum Gasteiger partial charge on any atom is -0.474 e. The average molecular weight is 361 g/mol.